The Hall–Kier alpha value is -0.160. The van der Waals surface area contributed by atoms with Crippen LogP contribution in [0.2, 0.25) is 0 Å². The number of hydrogen-bond donors (Lipinski definition) is 2. The molecule has 0 aromatic rings. The van der Waals surface area contributed by atoms with Crippen molar-refractivity contribution in [2.75, 3.05) is 20.8 Å². The van der Waals surface area contributed by atoms with Gasteiger partial charge < -0.3 is 19.9 Å². The second-order valence-electron chi connectivity index (χ2n) is 3.74. The minimum Gasteiger partial charge on any atom is -0.388 e. The van der Waals surface area contributed by atoms with Gasteiger partial charge in [-0.1, -0.05) is 6.92 Å². The summed E-state index contributed by atoms with van der Waals surface area (Å²) in [5, 5.41) is 13.3. The van der Waals surface area contributed by atoms with Crippen LogP contribution < -0.4 is 5.32 Å². The summed E-state index contributed by atoms with van der Waals surface area (Å²) in [6, 6.07) is 0.0142. The molecule has 0 aliphatic rings. The third-order valence-electron chi connectivity index (χ3n) is 2.55. The zero-order chi connectivity index (χ0) is 11.2. The molecule has 0 radical (unpaired) electrons. The van der Waals surface area contributed by atoms with Crippen molar-refractivity contribution in [3.8, 4) is 0 Å². The summed E-state index contributed by atoms with van der Waals surface area (Å²) in [6.07, 6.45) is 0.0971. The molecule has 0 aromatic heterocycles. The van der Waals surface area contributed by atoms with Crippen LogP contribution in [0.1, 0.15) is 27.2 Å². The van der Waals surface area contributed by atoms with Gasteiger partial charge >= 0.3 is 0 Å². The Morgan fingerprint density at radius 1 is 1.36 bits per heavy atom. The first-order valence-electron chi connectivity index (χ1n) is 4.99. The first-order valence-corrected chi connectivity index (χ1v) is 4.99. The van der Waals surface area contributed by atoms with Gasteiger partial charge in [-0.3, -0.25) is 0 Å². The van der Waals surface area contributed by atoms with Gasteiger partial charge in [0.2, 0.25) is 0 Å². The van der Waals surface area contributed by atoms with Crippen LogP contribution in [0.15, 0.2) is 0 Å². The maximum atomic E-state index is 10.1. The van der Waals surface area contributed by atoms with Gasteiger partial charge in [-0.25, -0.2) is 0 Å². The van der Waals surface area contributed by atoms with Crippen LogP contribution in [-0.4, -0.2) is 43.8 Å². The van der Waals surface area contributed by atoms with Gasteiger partial charge in [-0.15, -0.1) is 0 Å². The zero-order valence-corrected chi connectivity index (χ0v) is 9.83. The largest absolute Gasteiger partial charge is 0.388 e. The first kappa shape index (κ1) is 13.8. The molecule has 0 fully saturated rings. The minimum absolute atomic E-state index is 0.0142. The van der Waals surface area contributed by atoms with Crippen molar-refractivity contribution in [2.45, 2.75) is 45.1 Å². The van der Waals surface area contributed by atoms with E-state index >= 15 is 0 Å². The topological polar surface area (TPSA) is 50.7 Å². The van der Waals surface area contributed by atoms with Gasteiger partial charge in [0, 0.05) is 26.7 Å². The van der Waals surface area contributed by atoms with Crippen LogP contribution in [0.25, 0.3) is 0 Å². The van der Waals surface area contributed by atoms with Crippen molar-refractivity contribution < 1.29 is 14.6 Å². The smallest absolute Gasteiger partial charge is 0.159 e. The van der Waals surface area contributed by atoms with Crippen LogP contribution >= 0.6 is 0 Å². The highest BCUT2D eigenvalue weighted by molar-refractivity contribution is 4.85. The molecule has 0 bridgehead atoms. The Morgan fingerprint density at radius 3 is 2.21 bits per heavy atom. The number of methoxy groups -OCH3 is 2. The molecule has 0 aliphatic heterocycles. The molecule has 2 atom stereocenters. The Labute approximate surface area is 86.6 Å². The standard InChI is InChI=1S/C10H23NO3/c1-6-11-8(2)10(3,12)7-9(13-4)14-5/h8-9,11-12H,6-7H2,1-5H3. The molecule has 2 unspecified atom stereocenters. The van der Waals surface area contributed by atoms with Gasteiger partial charge in [0.05, 0.1) is 5.60 Å². The normalized spacial score (nSPS) is 18.2. The lowest BCUT2D eigenvalue weighted by Gasteiger charge is -2.33. The maximum Gasteiger partial charge on any atom is 0.159 e. The van der Waals surface area contributed by atoms with Crippen molar-refractivity contribution in [2.24, 2.45) is 0 Å². The number of ether oxygens (including phenoxy) is 2. The quantitative estimate of drug-likeness (QED) is 0.602. The predicted molar refractivity (Wildman–Crippen MR) is 56.2 cm³/mol. The van der Waals surface area contributed by atoms with E-state index in [1.165, 1.54) is 0 Å². The monoisotopic (exact) mass is 205 g/mol. The van der Waals surface area contributed by atoms with Crippen molar-refractivity contribution in [3.05, 3.63) is 0 Å². The fourth-order valence-electron chi connectivity index (χ4n) is 1.30. The van der Waals surface area contributed by atoms with Gasteiger partial charge in [0.15, 0.2) is 6.29 Å². The Morgan fingerprint density at radius 2 is 1.86 bits per heavy atom. The Bertz CT molecular complexity index is 146. The predicted octanol–water partition coefficient (Wildman–Crippen LogP) is 0.744. The zero-order valence-electron chi connectivity index (χ0n) is 9.83. The lowest BCUT2D eigenvalue weighted by molar-refractivity contribution is -0.145. The van der Waals surface area contributed by atoms with E-state index in [9.17, 15) is 5.11 Å². The minimum atomic E-state index is -0.827. The van der Waals surface area contributed by atoms with Gasteiger partial charge in [0.25, 0.3) is 0 Å². The lowest BCUT2D eigenvalue weighted by Crippen LogP contribution is -2.49. The second kappa shape index (κ2) is 6.35. The van der Waals surface area contributed by atoms with E-state index in [1.807, 2.05) is 13.8 Å². The van der Waals surface area contributed by atoms with Crippen LogP contribution in [0.3, 0.4) is 0 Å². The number of likely N-dealkylation sites (N-methyl/N-ethyl adjacent to an activating group) is 1. The third kappa shape index (κ3) is 4.37. The van der Waals surface area contributed by atoms with Gasteiger partial charge in [-0.05, 0) is 20.4 Å². The molecular formula is C10H23NO3. The molecule has 0 saturated carbocycles. The summed E-state index contributed by atoms with van der Waals surface area (Å²) in [6.45, 7) is 6.58. The molecule has 2 N–H and O–H groups in total. The van der Waals surface area contributed by atoms with Crippen molar-refractivity contribution >= 4 is 0 Å². The SMILES string of the molecule is CCNC(C)C(C)(O)CC(OC)OC. The van der Waals surface area contributed by atoms with E-state index in [2.05, 4.69) is 5.32 Å². The molecule has 4 nitrogen and oxygen atoms in total. The summed E-state index contributed by atoms with van der Waals surface area (Å²) in [4.78, 5) is 0. The van der Waals surface area contributed by atoms with Crippen LogP contribution in [0, 0.1) is 0 Å². The summed E-state index contributed by atoms with van der Waals surface area (Å²) in [7, 11) is 3.14. The second-order valence-corrected chi connectivity index (χ2v) is 3.74. The van der Waals surface area contributed by atoms with Crippen molar-refractivity contribution in [3.63, 3.8) is 0 Å². The van der Waals surface area contributed by atoms with E-state index in [-0.39, 0.29) is 12.3 Å². The number of hydrogen-bond acceptors (Lipinski definition) is 4. The molecule has 0 aliphatic carbocycles. The highest BCUT2D eigenvalue weighted by Gasteiger charge is 2.31. The van der Waals surface area contributed by atoms with E-state index in [4.69, 9.17) is 9.47 Å². The van der Waals surface area contributed by atoms with E-state index in [0.717, 1.165) is 6.54 Å². The summed E-state index contributed by atoms with van der Waals surface area (Å²) >= 11 is 0. The van der Waals surface area contributed by atoms with Crippen LogP contribution in [0.4, 0.5) is 0 Å². The number of nitrogens with one attached hydrogen (secondary N) is 1. The lowest BCUT2D eigenvalue weighted by atomic mass is 9.93. The molecular weight excluding hydrogens is 182 g/mol. The Kier molecular flexibility index (Phi) is 6.27. The van der Waals surface area contributed by atoms with E-state index in [1.54, 1.807) is 21.1 Å². The average molecular weight is 205 g/mol. The van der Waals surface area contributed by atoms with Crippen LogP contribution in [-0.2, 0) is 9.47 Å². The summed E-state index contributed by atoms with van der Waals surface area (Å²) in [5.41, 5.74) is -0.827. The molecule has 0 saturated heterocycles. The molecule has 86 valence electrons. The Balaban J connectivity index is 4.15. The summed E-state index contributed by atoms with van der Waals surface area (Å²) < 4.78 is 10.1. The van der Waals surface area contributed by atoms with E-state index < -0.39 is 5.60 Å². The van der Waals surface area contributed by atoms with E-state index in [0.29, 0.717) is 6.42 Å². The molecule has 4 heteroatoms. The highest BCUT2D eigenvalue weighted by atomic mass is 16.7. The average Bonchev–Trinajstić information content (AvgIpc) is 2.14. The molecule has 0 aromatic carbocycles. The number of aliphatic hydroxyl groups is 1. The van der Waals surface area contributed by atoms with Gasteiger partial charge in [0.1, 0.15) is 0 Å². The third-order valence-corrected chi connectivity index (χ3v) is 2.55. The maximum absolute atomic E-state index is 10.1. The molecule has 0 amide bonds. The van der Waals surface area contributed by atoms with Crippen LogP contribution in [0.5, 0.6) is 0 Å². The summed E-state index contributed by atoms with van der Waals surface area (Å²) in [5.74, 6) is 0. The molecule has 14 heavy (non-hydrogen) atoms. The molecule has 0 spiro atoms. The highest BCUT2D eigenvalue weighted by Crippen LogP contribution is 2.18. The van der Waals surface area contributed by atoms with Crippen molar-refractivity contribution in [1.82, 2.24) is 5.32 Å². The molecule has 0 heterocycles. The fraction of sp³-hybridized carbons (Fsp3) is 1.00. The molecule has 0 rings (SSSR count). The van der Waals surface area contributed by atoms with Gasteiger partial charge in [-0.2, -0.15) is 0 Å². The number of rotatable bonds is 7. The van der Waals surface area contributed by atoms with Crippen molar-refractivity contribution in [1.29, 1.82) is 0 Å². The fourth-order valence-corrected chi connectivity index (χ4v) is 1.30. The first-order chi connectivity index (χ1) is 6.47.